The third kappa shape index (κ3) is 6.54. The summed E-state index contributed by atoms with van der Waals surface area (Å²) in [6.45, 7) is 1.07. The molecule has 0 spiro atoms. The van der Waals surface area contributed by atoms with Crippen LogP contribution in [0.15, 0.2) is 41.4 Å². The molecule has 2 aliphatic rings. The van der Waals surface area contributed by atoms with Gasteiger partial charge < -0.3 is 23.7 Å². The van der Waals surface area contributed by atoms with Crippen LogP contribution in [0.25, 0.3) is 11.1 Å². The van der Waals surface area contributed by atoms with Crippen molar-refractivity contribution in [3.05, 3.63) is 41.4 Å². The average molecular weight is 595 g/mol. The molecule has 13 nitrogen and oxygen atoms in total. The fourth-order valence-corrected chi connectivity index (χ4v) is 4.78. The summed E-state index contributed by atoms with van der Waals surface area (Å²) in [7, 11) is -3.97. The predicted octanol–water partition coefficient (Wildman–Crippen LogP) is 2.31. The van der Waals surface area contributed by atoms with E-state index < -0.39 is 10.2 Å². The summed E-state index contributed by atoms with van der Waals surface area (Å²) in [5.74, 6) is 1.26. The van der Waals surface area contributed by atoms with Crippen molar-refractivity contribution in [2.24, 2.45) is 0 Å². The normalized spacial score (nSPS) is 16.5. The lowest BCUT2D eigenvalue weighted by atomic mass is 10.1. The summed E-state index contributed by atoms with van der Waals surface area (Å²) < 4.78 is 59.1. The highest BCUT2D eigenvalue weighted by Gasteiger charge is 2.24. The van der Waals surface area contributed by atoms with E-state index in [2.05, 4.69) is 45.3 Å². The molecule has 37 heavy (non-hydrogen) atoms. The molecule has 0 aliphatic carbocycles. The zero-order chi connectivity index (χ0) is 25.7. The molecular weight excluding hydrogens is 572 g/mol. The summed E-state index contributed by atoms with van der Waals surface area (Å²) in [6.07, 6.45) is 5.88. The molecule has 2 aliphatic heterocycles. The minimum atomic E-state index is -3.97. The number of nitrogens with zero attached hydrogens (tertiary/aromatic N) is 4. The predicted molar refractivity (Wildman–Crippen MR) is 134 cm³/mol. The van der Waals surface area contributed by atoms with Gasteiger partial charge >= 0.3 is 6.01 Å². The van der Waals surface area contributed by atoms with E-state index >= 15 is 0 Å². The van der Waals surface area contributed by atoms with E-state index in [0.717, 1.165) is 17.3 Å². The highest BCUT2D eigenvalue weighted by Crippen LogP contribution is 2.40. The van der Waals surface area contributed by atoms with Crippen LogP contribution in [0.2, 0.25) is 0 Å². The van der Waals surface area contributed by atoms with Crippen molar-refractivity contribution in [3.63, 3.8) is 0 Å². The smallest absolute Gasteiger partial charge is 0.316 e. The molecule has 0 amide bonds. The number of hydrogen-bond donors (Lipinski definition) is 2. The number of rotatable bonds is 11. The molecule has 1 aromatic carbocycles. The Morgan fingerprint density at radius 2 is 1.86 bits per heavy atom. The van der Waals surface area contributed by atoms with Crippen LogP contribution in [-0.2, 0) is 14.9 Å². The van der Waals surface area contributed by atoms with Crippen LogP contribution in [0.1, 0.15) is 12.8 Å². The monoisotopic (exact) mass is 594 g/mol. The molecular formula is C22H23BrN6O7S. The van der Waals surface area contributed by atoms with Gasteiger partial charge in [-0.15, -0.1) is 0 Å². The second-order valence-electron chi connectivity index (χ2n) is 7.94. The van der Waals surface area contributed by atoms with E-state index in [-0.39, 0.29) is 50.4 Å². The van der Waals surface area contributed by atoms with Gasteiger partial charge in [0.15, 0.2) is 17.3 Å². The minimum absolute atomic E-state index is 0.0286. The number of halogens is 1. The van der Waals surface area contributed by atoms with Crippen molar-refractivity contribution in [1.82, 2.24) is 24.7 Å². The largest absolute Gasteiger partial charge is 0.473 e. The van der Waals surface area contributed by atoms with E-state index in [1.54, 1.807) is 30.6 Å². The number of hydrogen-bond acceptors (Lipinski definition) is 11. The van der Waals surface area contributed by atoms with E-state index in [4.69, 9.17) is 23.7 Å². The van der Waals surface area contributed by atoms with Crippen LogP contribution in [0.5, 0.6) is 23.4 Å². The van der Waals surface area contributed by atoms with Crippen molar-refractivity contribution in [2.45, 2.75) is 18.9 Å². The quantitative estimate of drug-likeness (QED) is 0.314. The second-order valence-corrected chi connectivity index (χ2v) is 10.4. The van der Waals surface area contributed by atoms with Gasteiger partial charge in [-0.25, -0.2) is 19.9 Å². The Labute approximate surface area is 221 Å². The highest BCUT2D eigenvalue weighted by molar-refractivity contribution is 9.10. The van der Waals surface area contributed by atoms with E-state index in [9.17, 15) is 8.42 Å². The molecule has 0 unspecified atom stereocenters. The van der Waals surface area contributed by atoms with Gasteiger partial charge in [0.2, 0.25) is 12.7 Å². The first kappa shape index (κ1) is 25.4. The summed E-state index contributed by atoms with van der Waals surface area (Å²) in [6, 6.07) is 5.35. The zero-order valence-electron chi connectivity index (χ0n) is 19.4. The molecule has 4 heterocycles. The fourth-order valence-electron chi connectivity index (χ4n) is 3.69. The van der Waals surface area contributed by atoms with Crippen LogP contribution in [0.4, 0.5) is 5.82 Å². The number of benzene rings is 1. The number of anilines is 1. The molecule has 1 fully saturated rings. The van der Waals surface area contributed by atoms with Gasteiger partial charge in [0.05, 0.1) is 16.1 Å². The van der Waals surface area contributed by atoms with Gasteiger partial charge in [0.25, 0.3) is 10.2 Å². The Morgan fingerprint density at radius 1 is 1.05 bits per heavy atom. The highest BCUT2D eigenvalue weighted by atomic mass is 79.9. The Hall–Kier alpha value is -3.27. The first-order valence-corrected chi connectivity index (χ1v) is 13.6. The Bertz CT molecular complexity index is 1340. The molecule has 3 aromatic rings. The maximum absolute atomic E-state index is 12.8. The maximum Gasteiger partial charge on any atom is 0.316 e. The topological polar surface area (TPSA) is 156 Å². The van der Waals surface area contributed by atoms with Gasteiger partial charge in [0, 0.05) is 25.5 Å². The molecule has 196 valence electrons. The molecule has 2 aromatic heterocycles. The average Bonchev–Trinajstić information content (AvgIpc) is 3.58. The molecule has 0 bridgehead atoms. The number of aromatic nitrogens is 4. The molecule has 1 atom stereocenters. The van der Waals surface area contributed by atoms with Gasteiger partial charge in [-0.05, 0) is 46.5 Å². The summed E-state index contributed by atoms with van der Waals surface area (Å²) in [5, 5.41) is 0. The van der Waals surface area contributed by atoms with E-state index in [1.807, 2.05) is 0 Å². The van der Waals surface area contributed by atoms with Gasteiger partial charge in [0.1, 0.15) is 19.5 Å². The van der Waals surface area contributed by atoms with Crippen molar-refractivity contribution in [2.75, 3.05) is 37.9 Å². The molecule has 0 saturated carbocycles. The van der Waals surface area contributed by atoms with Crippen LogP contribution >= 0.6 is 15.9 Å². The lowest BCUT2D eigenvalue weighted by Gasteiger charge is -2.17. The van der Waals surface area contributed by atoms with Crippen LogP contribution in [0, 0.1) is 0 Å². The SMILES string of the molecule is O=S(=O)(NC[C@@H]1CCCO1)Nc1ncnc(OCCOc2ncc(Br)cn2)c1-c1ccc2c(c1)OCO2. The number of nitrogens with one attached hydrogen (secondary N) is 2. The Kier molecular flexibility index (Phi) is 7.83. The lowest BCUT2D eigenvalue weighted by Crippen LogP contribution is -2.36. The first-order chi connectivity index (χ1) is 18.0. The third-order valence-corrected chi connectivity index (χ3v) is 6.80. The Morgan fingerprint density at radius 3 is 2.68 bits per heavy atom. The molecule has 2 N–H and O–H groups in total. The van der Waals surface area contributed by atoms with Gasteiger partial charge in [-0.2, -0.15) is 13.1 Å². The van der Waals surface area contributed by atoms with Crippen molar-refractivity contribution in [3.8, 4) is 34.5 Å². The van der Waals surface area contributed by atoms with Gasteiger partial charge in [-0.3, -0.25) is 4.72 Å². The van der Waals surface area contributed by atoms with Crippen molar-refractivity contribution >= 4 is 32.0 Å². The molecule has 1 saturated heterocycles. The van der Waals surface area contributed by atoms with Crippen LogP contribution < -0.4 is 28.4 Å². The first-order valence-electron chi connectivity index (χ1n) is 11.3. The zero-order valence-corrected chi connectivity index (χ0v) is 21.8. The van der Waals surface area contributed by atoms with E-state index in [1.165, 1.54) is 6.33 Å². The summed E-state index contributed by atoms with van der Waals surface area (Å²) in [4.78, 5) is 16.5. The maximum atomic E-state index is 12.8. The summed E-state index contributed by atoms with van der Waals surface area (Å²) in [5.41, 5.74) is 0.886. The van der Waals surface area contributed by atoms with Crippen LogP contribution in [0.3, 0.4) is 0 Å². The van der Waals surface area contributed by atoms with Gasteiger partial charge in [-0.1, -0.05) is 6.07 Å². The van der Waals surface area contributed by atoms with Crippen molar-refractivity contribution < 1.29 is 32.1 Å². The van der Waals surface area contributed by atoms with Crippen LogP contribution in [-0.4, -0.2) is 67.6 Å². The fraction of sp³-hybridized carbons (Fsp3) is 0.364. The molecule has 0 radical (unpaired) electrons. The number of ether oxygens (including phenoxy) is 5. The summed E-state index contributed by atoms with van der Waals surface area (Å²) >= 11 is 3.27. The Balaban J connectivity index is 1.35. The molecule has 15 heteroatoms. The van der Waals surface area contributed by atoms with E-state index in [0.29, 0.717) is 29.2 Å². The standard InChI is InChI=1S/C22H23BrN6O7S/c23-15-9-24-22(25-10-15)34-7-6-33-21-19(14-3-4-17-18(8-14)36-13-35-17)20(26-12-27-21)29-37(30,31)28-11-16-2-1-5-32-16/h3-4,8-10,12,16,28H,1-2,5-7,11,13H2,(H,26,27,29)/t16-/m0/s1. The minimum Gasteiger partial charge on any atom is -0.473 e. The van der Waals surface area contributed by atoms with Crippen molar-refractivity contribution in [1.29, 1.82) is 0 Å². The second kappa shape index (κ2) is 11.4. The number of fused-ring (bicyclic) bond motifs is 1. The third-order valence-electron chi connectivity index (χ3n) is 5.38. The molecule has 5 rings (SSSR count). The lowest BCUT2D eigenvalue weighted by molar-refractivity contribution is 0.114.